The third kappa shape index (κ3) is 3.69. The Hall–Kier alpha value is -0.240. The van der Waals surface area contributed by atoms with Gasteiger partial charge in [0, 0.05) is 18.0 Å². The van der Waals surface area contributed by atoms with Gasteiger partial charge in [-0.15, -0.1) is 11.6 Å². The van der Waals surface area contributed by atoms with Gasteiger partial charge in [-0.2, -0.15) is 0 Å². The molecule has 0 atom stereocenters. The summed E-state index contributed by atoms with van der Waals surface area (Å²) in [7, 11) is 0. The molecule has 2 fully saturated rings. The number of hydrogen-bond acceptors (Lipinski definition) is 1. The molecule has 0 radical (unpaired) electrons. The van der Waals surface area contributed by atoms with E-state index < -0.39 is 5.41 Å². The lowest BCUT2D eigenvalue weighted by molar-refractivity contribution is -0.146. The monoisotopic (exact) mass is 299 g/mol. The summed E-state index contributed by atoms with van der Waals surface area (Å²) in [6, 6.07) is 0.948. The van der Waals surface area contributed by atoms with Crippen LogP contribution in [0, 0.1) is 5.41 Å². The minimum absolute atomic E-state index is 0.298. The predicted octanol–water partition coefficient (Wildman–Crippen LogP) is 4.75. The molecule has 2 aliphatic rings. The molecule has 116 valence electrons. The second-order valence-electron chi connectivity index (χ2n) is 7.31. The van der Waals surface area contributed by atoms with E-state index in [2.05, 4.69) is 4.90 Å². The number of alkyl halides is 1. The molecular formula is C17H30ClNO. The van der Waals surface area contributed by atoms with Gasteiger partial charge in [0.05, 0.1) is 5.41 Å². The molecule has 3 heteroatoms. The zero-order valence-corrected chi connectivity index (χ0v) is 13.9. The fourth-order valence-electron chi connectivity index (χ4n) is 3.75. The third-order valence-corrected chi connectivity index (χ3v) is 5.75. The minimum Gasteiger partial charge on any atom is -0.336 e. The standard InChI is InChI=1S/C17H30ClNO/c1-17(2,13-18)16(20)19(14-9-5-3-6-10-14)15-11-7-4-8-12-15/h14-15H,3-13H2,1-2H3. The van der Waals surface area contributed by atoms with Crippen molar-refractivity contribution in [1.29, 1.82) is 0 Å². The third-order valence-electron chi connectivity index (χ3n) is 5.08. The van der Waals surface area contributed by atoms with Crippen molar-refractivity contribution in [3.8, 4) is 0 Å². The molecule has 0 heterocycles. The highest BCUT2D eigenvalue weighted by Crippen LogP contribution is 2.34. The van der Waals surface area contributed by atoms with Gasteiger partial charge in [0.15, 0.2) is 0 Å². The van der Waals surface area contributed by atoms with E-state index in [1.165, 1.54) is 64.2 Å². The molecule has 2 saturated carbocycles. The summed E-state index contributed by atoms with van der Waals surface area (Å²) in [5.41, 5.74) is -0.420. The van der Waals surface area contributed by atoms with Gasteiger partial charge in [-0.05, 0) is 39.5 Å². The fraction of sp³-hybridized carbons (Fsp3) is 0.941. The first kappa shape index (κ1) is 16.1. The van der Waals surface area contributed by atoms with E-state index in [1.807, 2.05) is 13.8 Å². The van der Waals surface area contributed by atoms with Crippen molar-refractivity contribution in [2.24, 2.45) is 5.41 Å². The van der Waals surface area contributed by atoms with Crippen molar-refractivity contribution < 1.29 is 4.79 Å². The quantitative estimate of drug-likeness (QED) is 0.686. The van der Waals surface area contributed by atoms with Crippen LogP contribution in [0.25, 0.3) is 0 Å². The van der Waals surface area contributed by atoms with Crippen LogP contribution < -0.4 is 0 Å². The van der Waals surface area contributed by atoms with Crippen LogP contribution >= 0.6 is 11.6 Å². The summed E-state index contributed by atoms with van der Waals surface area (Å²) in [5, 5.41) is 0. The lowest BCUT2D eigenvalue weighted by Crippen LogP contribution is -2.53. The summed E-state index contributed by atoms with van der Waals surface area (Å²) in [6.45, 7) is 4.00. The van der Waals surface area contributed by atoms with Crippen LogP contribution in [0.5, 0.6) is 0 Å². The van der Waals surface area contributed by atoms with E-state index in [-0.39, 0.29) is 0 Å². The van der Waals surface area contributed by atoms with Crippen molar-refractivity contribution in [1.82, 2.24) is 4.90 Å². The Morgan fingerprint density at radius 2 is 1.35 bits per heavy atom. The fourth-order valence-corrected chi connectivity index (χ4v) is 3.87. The Bertz CT molecular complexity index is 299. The summed E-state index contributed by atoms with van der Waals surface area (Å²) < 4.78 is 0. The SMILES string of the molecule is CC(C)(CCl)C(=O)N(C1CCCCC1)C1CCCCC1. The molecule has 0 aromatic rings. The van der Waals surface area contributed by atoms with Crippen molar-refractivity contribution in [2.45, 2.75) is 90.1 Å². The van der Waals surface area contributed by atoms with E-state index in [0.717, 1.165) is 0 Å². The first-order chi connectivity index (χ1) is 9.56. The number of rotatable bonds is 4. The Labute approximate surface area is 129 Å². The second-order valence-corrected chi connectivity index (χ2v) is 7.58. The molecule has 0 N–H and O–H groups in total. The molecule has 0 aliphatic heterocycles. The molecular weight excluding hydrogens is 270 g/mol. The maximum absolute atomic E-state index is 13.0. The number of carbonyl (C=O) groups is 1. The van der Waals surface area contributed by atoms with Crippen LogP contribution in [-0.2, 0) is 4.79 Å². The molecule has 0 bridgehead atoms. The summed E-state index contributed by atoms with van der Waals surface area (Å²) in [6.07, 6.45) is 12.6. The Kier molecular flexibility index (Phi) is 5.77. The van der Waals surface area contributed by atoms with Gasteiger partial charge in [0.1, 0.15) is 0 Å². The lowest BCUT2D eigenvalue weighted by atomic mass is 9.85. The van der Waals surface area contributed by atoms with E-state index in [0.29, 0.717) is 23.9 Å². The molecule has 0 aromatic carbocycles. The molecule has 0 aromatic heterocycles. The summed E-state index contributed by atoms with van der Waals surface area (Å²) in [4.78, 5) is 15.3. The van der Waals surface area contributed by atoms with Crippen molar-refractivity contribution in [3.05, 3.63) is 0 Å². The van der Waals surface area contributed by atoms with Crippen molar-refractivity contribution >= 4 is 17.5 Å². The number of nitrogens with zero attached hydrogens (tertiary/aromatic N) is 1. The van der Waals surface area contributed by atoms with Gasteiger partial charge < -0.3 is 4.90 Å². The molecule has 1 amide bonds. The first-order valence-corrected chi connectivity index (χ1v) is 8.98. The highest BCUT2D eigenvalue weighted by Gasteiger charge is 2.39. The zero-order valence-electron chi connectivity index (χ0n) is 13.2. The van der Waals surface area contributed by atoms with Crippen LogP contribution in [0.4, 0.5) is 0 Å². The van der Waals surface area contributed by atoms with Gasteiger partial charge in [0.2, 0.25) is 5.91 Å². The van der Waals surface area contributed by atoms with Crippen LogP contribution in [-0.4, -0.2) is 28.8 Å². The molecule has 2 nitrogen and oxygen atoms in total. The first-order valence-electron chi connectivity index (χ1n) is 8.45. The summed E-state index contributed by atoms with van der Waals surface area (Å²) in [5.74, 6) is 0.716. The van der Waals surface area contributed by atoms with E-state index >= 15 is 0 Å². The topological polar surface area (TPSA) is 20.3 Å². The molecule has 2 aliphatic carbocycles. The van der Waals surface area contributed by atoms with E-state index in [4.69, 9.17) is 11.6 Å². The van der Waals surface area contributed by atoms with Gasteiger partial charge >= 0.3 is 0 Å². The molecule has 20 heavy (non-hydrogen) atoms. The van der Waals surface area contributed by atoms with Crippen LogP contribution in [0.3, 0.4) is 0 Å². The second kappa shape index (κ2) is 7.15. The normalized spacial score (nSPS) is 22.8. The molecule has 0 saturated heterocycles. The predicted molar refractivity (Wildman–Crippen MR) is 85.1 cm³/mol. The summed E-state index contributed by atoms with van der Waals surface area (Å²) >= 11 is 6.06. The maximum Gasteiger partial charge on any atom is 0.229 e. The highest BCUT2D eigenvalue weighted by molar-refractivity contribution is 6.19. The Morgan fingerprint density at radius 3 is 1.70 bits per heavy atom. The van der Waals surface area contributed by atoms with Crippen LogP contribution in [0.2, 0.25) is 0 Å². The van der Waals surface area contributed by atoms with Crippen molar-refractivity contribution in [2.75, 3.05) is 5.88 Å². The average Bonchev–Trinajstić information content (AvgIpc) is 2.49. The zero-order chi connectivity index (χ0) is 14.6. The van der Waals surface area contributed by atoms with Gasteiger partial charge in [-0.3, -0.25) is 4.79 Å². The van der Waals surface area contributed by atoms with Gasteiger partial charge in [-0.1, -0.05) is 38.5 Å². The maximum atomic E-state index is 13.0. The van der Waals surface area contributed by atoms with E-state index in [9.17, 15) is 4.79 Å². The lowest BCUT2D eigenvalue weighted by Gasteiger charge is -2.44. The number of amides is 1. The average molecular weight is 300 g/mol. The smallest absolute Gasteiger partial charge is 0.229 e. The molecule has 0 unspecified atom stereocenters. The van der Waals surface area contributed by atoms with Crippen LogP contribution in [0.15, 0.2) is 0 Å². The molecule has 0 spiro atoms. The van der Waals surface area contributed by atoms with Gasteiger partial charge in [-0.25, -0.2) is 0 Å². The number of hydrogen-bond donors (Lipinski definition) is 0. The number of halogens is 1. The molecule has 2 rings (SSSR count). The Balaban J connectivity index is 2.15. The number of carbonyl (C=O) groups excluding carboxylic acids is 1. The largest absolute Gasteiger partial charge is 0.336 e. The highest BCUT2D eigenvalue weighted by atomic mass is 35.5. The van der Waals surface area contributed by atoms with Crippen molar-refractivity contribution in [3.63, 3.8) is 0 Å². The van der Waals surface area contributed by atoms with Gasteiger partial charge in [0.25, 0.3) is 0 Å². The minimum atomic E-state index is -0.420. The van der Waals surface area contributed by atoms with Crippen LogP contribution in [0.1, 0.15) is 78.1 Å². The Morgan fingerprint density at radius 1 is 0.950 bits per heavy atom. The van der Waals surface area contributed by atoms with E-state index in [1.54, 1.807) is 0 Å².